The molecular weight excluding hydrogens is 204 g/mol. The van der Waals surface area contributed by atoms with Crippen LogP contribution in [0.25, 0.3) is 0 Å². The highest BCUT2D eigenvalue weighted by atomic mass is 16.2. The Kier molecular flexibility index (Phi) is 3.24. The zero-order valence-electron chi connectivity index (χ0n) is 9.73. The van der Waals surface area contributed by atoms with Crippen LogP contribution >= 0.6 is 0 Å². The van der Waals surface area contributed by atoms with Gasteiger partial charge in [0.2, 0.25) is 0 Å². The third-order valence-corrected chi connectivity index (χ3v) is 3.05. The van der Waals surface area contributed by atoms with Gasteiger partial charge in [0.15, 0.2) is 0 Å². The van der Waals surface area contributed by atoms with Crippen molar-refractivity contribution >= 4 is 5.91 Å². The molecule has 0 aliphatic carbocycles. The van der Waals surface area contributed by atoms with Crippen LogP contribution in [-0.4, -0.2) is 34.1 Å². The first kappa shape index (κ1) is 11.1. The highest BCUT2D eigenvalue weighted by Gasteiger charge is 2.20. The summed E-state index contributed by atoms with van der Waals surface area (Å²) >= 11 is 0. The second kappa shape index (κ2) is 4.65. The van der Waals surface area contributed by atoms with E-state index in [4.69, 9.17) is 0 Å². The Bertz CT molecular complexity index is 366. The standard InChI is InChI=1S/C11H18N4O/c1-8-3-4-9(5-13-8)14-11(16)10-6-12-7-15(10)2/h6-9,13H,3-5H2,1-2H3,(H,14,16). The summed E-state index contributed by atoms with van der Waals surface area (Å²) < 4.78 is 1.73. The smallest absolute Gasteiger partial charge is 0.269 e. The molecule has 0 spiro atoms. The van der Waals surface area contributed by atoms with Gasteiger partial charge in [-0.15, -0.1) is 0 Å². The second-order valence-corrected chi connectivity index (χ2v) is 4.45. The van der Waals surface area contributed by atoms with Gasteiger partial charge >= 0.3 is 0 Å². The lowest BCUT2D eigenvalue weighted by Gasteiger charge is -2.28. The van der Waals surface area contributed by atoms with Gasteiger partial charge in [-0.25, -0.2) is 4.98 Å². The topological polar surface area (TPSA) is 59.0 Å². The van der Waals surface area contributed by atoms with Crippen molar-refractivity contribution in [3.05, 3.63) is 18.2 Å². The molecule has 0 saturated carbocycles. The summed E-state index contributed by atoms with van der Waals surface area (Å²) in [5, 5.41) is 6.38. The molecule has 5 heteroatoms. The molecule has 0 aromatic carbocycles. The normalized spacial score (nSPS) is 25.4. The lowest BCUT2D eigenvalue weighted by molar-refractivity contribution is 0.0919. The van der Waals surface area contributed by atoms with Crippen LogP contribution in [0.4, 0.5) is 0 Å². The fourth-order valence-electron chi connectivity index (χ4n) is 1.96. The SMILES string of the molecule is CC1CCC(NC(=O)c2cncn2C)CN1. The average molecular weight is 222 g/mol. The van der Waals surface area contributed by atoms with Crippen molar-refractivity contribution in [2.75, 3.05) is 6.54 Å². The maximum absolute atomic E-state index is 11.9. The van der Waals surface area contributed by atoms with E-state index in [0.29, 0.717) is 11.7 Å². The summed E-state index contributed by atoms with van der Waals surface area (Å²) in [5.74, 6) is -0.0404. The molecule has 2 rings (SSSR count). The van der Waals surface area contributed by atoms with E-state index < -0.39 is 0 Å². The fourth-order valence-corrected chi connectivity index (χ4v) is 1.96. The summed E-state index contributed by atoms with van der Waals surface area (Å²) in [4.78, 5) is 15.8. The van der Waals surface area contributed by atoms with Gasteiger partial charge in [-0.2, -0.15) is 0 Å². The van der Waals surface area contributed by atoms with Crippen LogP contribution in [0.15, 0.2) is 12.5 Å². The molecule has 0 radical (unpaired) electrons. The van der Waals surface area contributed by atoms with E-state index in [1.165, 1.54) is 0 Å². The summed E-state index contributed by atoms with van der Waals surface area (Å²) in [6.45, 7) is 3.02. The third-order valence-electron chi connectivity index (χ3n) is 3.05. The van der Waals surface area contributed by atoms with Crippen molar-refractivity contribution in [1.29, 1.82) is 0 Å². The van der Waals surface area contributed by atoms with Crippen LogP contribution < -0.4 is 10.6 Å². The molecule has 2 heterocycles. The van der Waals surface area contributed by atoms with E-state index in [1.807, 2.05) is 7.05 Å². The largest absolute Gasteiger partial charge is 0.347 e. The van der Waals surface area contributed by atoms with Crippen molar-refractivity contribution in [2.45, 2.75) is 31.8 Å². The highest BCUT2D eigenvalue weighted by molar-refractivity contribution is 5.92. The molecule has 1 aromatic rings. The summed E-state index contributed by atoms with van der Waals surface area (Å²) in [6.07, 6.45) is 5.37. The number of aromatic nitrogens is 2. The van der Waals surface area contributed by atoms with Crippen molar-refractivity contribution in [3.63, 3.8) is 0 Å². The Morgan fingerprint density at radius 1 is 1.62 bits per heavy atom. The van der Waals surface area contributed by atoms with E-state index in [1.54, 1.807) is 17.1 Å². The first-order chi connectivity index (χ1) is 7.66. The van der Waals surface area contributed by atoms with Crippen LogP contribution in [0.2, 0.25) is 0 Å². The molecule has 1 aromatic heterocycles. The molecule has 2 unspecified atom stereocenters. The Hall–Kier alpha value is -1.36. The van der Waals surface area contributed by atoms with Crippen LogP contribution in [-0.2, 0) is 7.05 Å². The predicted molar refractivity (Wildman–Crippen MR) is 61.2 cm³/mol. The molecule has 1 saturated heterocycles. The van der Waals surface area contributed by atoms with E-state index in [0.717, 1.165) is 19.4 Å². The fraction of sp³-hybridized carbons (Fsp3) is 0.636. The molecule has 88 valence electrons. The number of carbonyl (C=O) groups is 1. The predicted octanol–water partition coefficient (Wildman–Crippen LogP) is 0.290. The van der Waals surface area contributed by atoms with Gasteiger partial charge in [-0.1, -0.05) is 0 Å². The summed E-state index contributed by atoms with van der Waals surface area (Å²) in [7, 11) is 1.82. The summed E-state index contributed by atoms with van der Waals surface area (Å²) in [6, 6.07) is 0.795. The molecule has 5 nitrogen and oxygen atoms in total. The highest BCUT2D eigenvalue weighted by Crippen LogP contribution is 2.08. The number of amides is 1. The maximum atomic E-state index is 11.9. The molecule has 1 aliphatic rings. The van der Waals surface area contributed by atoms with Crippen LogP contribution in [0.5, 0.6) is 0 Å². The minimum absolute atomic E-state index is 0.0404. The Morgan fingerprint density at radius 2 is 2.44 bits per heavy atom. The first-order valence-corrected chi connectivity index (χ1v) is 5.67. The number of rotatable bonds is 2. The van der Waals surface area contributed by atoms with E-state index in [-0.39, 0.29) is 11.9 Å². The van der Waals surface area contributed by atoms with Gasteiger partial charge in [0.05, 0.1) is 12.5 Å². The van der Waals surface area contributed by atoms with Gasteiger partial charge in [0, 0.05) is 25.7 Å². The molecule has 1 aliphatic heterocycles. The van der Waals surface area contributed by atoms with Gasteiger partial charge in [-0.05, 0) is 19.8 Å². The van der Waals surface area contributed by atoms with Crippen LogP contribution in [0.1, 0.15) is 30.3 Å². The van der Waals surface area contributed by atoms with Crippen LogP contribution in [0.3, 0.4) is 0 Å². The molecule has 2 atom stereocenters. The number of aryl methyl sites for hydroxylation is 1. The second-order valence-electron chi connectivity index (χ2n) is 4.45. The summed E-state index contributed by atoms with van der Waals surface area (Å²) in [5.41, 5.74) is 0.610. The van der Waals surface area contributed by atoms with E-state index >= 15 is 0 Å². The zero-order chi connectivity index (χ0) is 11.5. The number of hydrogen-bond donors (Lipinski definition) is 2. The lowest BCUT2D eigenvalue weighted by Crippen LogP contribution is -2.48. The van der Waals surface area contributed by atoms with E-state index in [9.17, 15) is 4.79 Å². The van der Waals surface area contributed by atoms with Gasteiger partial charge < -0.3 is 15.2 Å². The molecule has 1 fully saturated rings. The molecule has 1 amide bonds. The van der Waals surface area contributed by atoms with Gasteiger partial charge in [-0.3, -0.25) is 4.79 Å². The van der Waals surface area contributed by atoms with Gasteiger partial charge in [0.25, 0.3) is 5.91 Å². The van der Waals surface area contributed by atoms with Gasteiger partial charge in [0.1, 0.15) is 5.69 Å². The van der Waals surface area contributed by atoms with E-state index in [2.05, 4.69) is 22.5 Å². The monoisotopic (exact) mass is 222 g/mol. The quantitative estimate of drug-likeness (QED) is 0.756. The molecular formula is C11H18N4O. The number of hydrogen-bond acceptors (Lipinski definition) is 3. The van der Waals surface area contributed by atoms with Crippen LogP contribution in [0, 0.1) is 0 Å². The number of nitrogens with one attached hydrogen (secondary N) is 2. The Morgan fingerprint density at radius 3 is 3.00 bits per heavy atom. The average Bonchev–Trinajstić information content (AvgIpc) is 2.68. The number of carbonyl (C=O) groups excluding carboxylic acids is 1. The lowest BCUT2D eigenvalue weighted by atomic mass is 10.0. The molecule has 0 bridgehead atoms. The zero-order valence-corrected chi connectivity index (χ0v) is 9.73. The maximum Gasteiger partial charge on any atom is 0.269 e. The van der Waals surface area contributed by atoms with Crippen molar-refractivity contribution in [1.82, 2.24) is 20.2 Å². The molecule has 2 N–H and O–H groups in total. The molecule has 16 heavy (non-hydrogen) atoms. The number of nitrogens with zero attached hydrogens (tertiary/aromatic N) is 2. The number of imidazole rings is 1. The Balaban J connectivity index is 1.91. The first-order valence-electron chi connectivity index (χ1n) is 5.67. The third kappa shape index (κ3) is 2.41. The van der Waals surface area contributed by atoms with Crippen molar-refractivity contribution < 1.29 is 4.79 Å². The minimum atomic E-state index is -0.0404. The van der Waals surface area contributed by atoms with Crippen molar-refractivity contribution in [3.8, 4) is 0 Å². The number of piperidine rings is 1. The minimum Gasteiger partial charge on any atom is -0.347 e. The Labute approximate surface area is 95.2 Å². The van der Waals surface area contributed by atoms with Crippen molar-refractivity contribution in [2.24, 2.45) is 7.05 Å².